The lowest BCUT2D eigenvalue weighted by Gasteiger charge is -2.17. The second-order valence-corrected chi connectivity index (χ2v) is 5.14. The Hall–Kier alpha value is -0.540. The third kappa shape index (κ3) is 3.99. The third-order valence-corrected chi connectivity index (χ3v) is 3.80. The standard InChI is InChI=1S/C14H26ClN3/c1-5-8-11(16-7-3)9-10-13-14(15)12(6-2)17-18(13)4/h11,16H,5-10H2,1-4H3. The van der Waals surface area contributed by atoms with Crippen molar-refractivity contribution in [2.75, 3.05) is 6.54 Å². The summed E-state index contributed by atoms with van der Waals surface area (Å²) >= 11 is 6.36. The Kier molecular flexibility index (Phi) is 6.72. The van der Waals surface area contributed by atoms with Crippen molar-refractivity contribution in [2.45, 2.75) is 58.9 Å². The Bertz CT molecular complexity index is 354. The largest absolute Gasteiger partial charge is 0.314 e. The van der Waals surface area contributed by atoms with Crippen LogP contribution in [0.3, 0.4) is 0 Å². The van der Waals surface area contributed by atoms with Crippen molar-refractivity contribution in [1.29, 1.82) is 0 Å². The Labute approximate surface area is 116 Å². The molecule has 0 aliphatic heterocycles. The highest BCUT2D eigenvalue weighted by Gasteiger charge is 2.14. The van der Waals surface area contributed by atoms with Gasteiger partial charge in [0.05, 0.1) is 16.4 Å². The number of aromatic nitrogens is 2. The lowest BCUT2D eigenvalue weighted by molar-refractivity contribution is 0.454. The maximum atomic E-state index is 6.36. The van der Waals surface area contributed by atoms with E-state index in [1.54, 1.807) is 0 Å². The molecule has 0 fully saturated rings. The van der Waals surface area contributed by atoms with E-state index < -0.39 is 0 Å². The van der Waals surface area contributed by atoms with Gasteiger partial charge in [0.1, 0.15) is 0 Å². The van der Waals surface area contributed by atoms with E-state index in [0.29, 0.717) is 6.04 Å². The summed E-state index contributed by atoms with van der Waals surface area (Å²) in [7, 11) is 1.99. The predicted molar refractivity (Wildman–Crippen MR) is 78.3 cm³/mol. The van der Waals surface area contributed by atoms with E-state index in [-0.39, 0.29) is 0 Å². The van der Waals surface area contributed by atoms with Gasteiger partial charge in [-0.25, -0.2) is 0 Å². The van der Waals surface area contributed by atoms with Crippen molar-refractivity contribution < 1.29 is 0 Å². The maximum Gasteiger partial charge on any atom is 0.0849 e. The van der Waals surface area contributed by atoms with Crippen LogP contribution in [0.5, 0.6) is 0 Å². The van der Waals surface area contributed by atoms with Crippen molar-refractivity contribution in [2.24, 2.45) is 7.05 Å². The van der Waals surface area contributed by atoms with E-state index >= 15 is 0 Å². The fourth-order valence-electron chi connectivity index (χ4n) is 2.39. The third-order valence-electron chi connectivity index (χ3n) is 3.36. The summed E-state index contributed by atoms with van der Waals surface area (Å²) in [5, 5.41) is 8.87. The number of nitrogens with one attached hydrogen (secondary N) is 1. The second kappa shape index (κ2) is 7.80. The summed E-state index contributed by atoms with van der Waals surface area (Å²) in [5.41, 5.74) is 2.19. The Morgan fingerprint density at radius 1 is 1.28 bits per heavy atom. The van der Waals surface area contributed by atoms with Crippen LogP contribution in [0.2, 0.25) is 5.02 Å². The topological polar surface area (TPSA) is 29.9 Å². The molecule has 18 heavy (non-hydrogen) atoms. The van der Waals surface area contributed by atoms with Crippen molar-refractivity contribution in [3.05, 3.63) is 16.4 Å². The van der Waals surface area contributed by atoms with Gasteiger partial charge in [0.2, 0.25) is 0 Å². The molecule has 0 spiro atoms. The molecule has 3 nitrogen and oxygen atoms in total. The summed E-state index contributed by atoms with van der Waals surface area (Å²) in [5.74, 6) is 0. The molecule has 1 N–H and O–H groups in total. The normalized spacial score (nSPS) is 12.9. The molecule has 0 saturated heterocycles. The van der Waals surface area contributed by atoms with Crippen LogP contribution in [0.4, 0.5) is 0 Å². The highest BCUT2D eigenvalue weighted by atomic mass is 35.5. The SMILES string of the molecule is CCCC(CCc1c(Cl)c(CC)nn1C)NCC. The van der Waals surface area contributed by atoms with E-state index in [9.17, 15) is 0 Å². The molecule has 0 radical (unpaired) electrons. The molecule has 0 aromatic carbocycles. The van der Waals surface area contributed by atoms with Crippen molar-refractivity contribution in [3.8, 4) is 0 Å². The van der Waals surface area contributed by atoms with Gasteiger partial charge < -0.3 is 5.32 Å². The highest BCUT2D eigenvalue weighted by molar-refractivity contribution is 6.31. The maximum absolute atomic E-state index is 6.36. The van der Waals surface area contributed by atoms with Gasteiger partial charge in [0.15, 0.2) is 0 Å². The molecule has 1 atom stereocenters. The van der Waals surface area contributed by atoms with Crippen LogP contribution < -0.4 is 5.32 Å². The van der Waals surface area contributed by atoms with Crippen LogP contribution in [0, 0.1) is 0 Å². The van der Waals surface area contributed by atoms with Gasteiger partial charge in [-0.3, -0.25) is 4.68 Å². The van der Waals surface area contributed by atoms with Crippen LogP contribution >= 0.6 is 11.6 Å². The molecular formula is C14H26ClN3. The molecular weight excluding hydrogens is 246 g/mol. The van der Waals surface area contributed by atoms with E-state index in [0.717, 1.165) is 36.5 Å². The van der Waals surface area contributed by atoms with Crippen LogP contribution in [0.25, 0.3) is 0 Å². The smallest absolute Gasteiger partial charge is 0.0849 e. The van der Waals surface area contributed by atoms with Crippen LogP contribution in [0.15, 0.2) is 0 Å². The number of hydrogen-bond acceptors (Lipinski definition) is 2. The van der Waals surface area contributed by atoms with E-state index in [4.69, 9.17) is 11.6 Å². The van der Waals surface area contributed by atoms with Gasteiger partial charge >= 0.3 is 0 Å². The van der Waals surface area contributed by atoms with Gasteiger partial charge in [-0.1, -0.05) is 38.8 Å². The van der Waals surface area contributed by atoms with E-state index in [2.05, 4.69) is 31.2 Å². The zero-order valence-electron chi connectivity index (χ0n) is 12.1. The number of nitrogens with zero attached hydrogens (tertiary/aromatic N) is 2. The predicted octanol–water partition coefficient (Wildman–Crippen LogP) is 3.35. The lowest BCUT2D eigenvalue weighted by Crippen LogP contribution is -2.29. The zero-order valence-corrected chi connectivity index (χ0v) is 12.8. The van der Waals surface area contributed by atoms with Crippen LogP contribution in [-0.2, 0) is 19.9 Å². The molecule has 4 heteroatoms. The summed E-state index contributed by atoms with van der Waals surface area (Å²) < 4.78 is 1.94. The molecule has 0 saturated carbocycles. The quantitative estimate of drug-likeness (QED) is 0.786. The molecule has 0 aliphatic carbocycles. The molecule has 0 bridgehead atoms. The average Bonchev–Trinajstić information content (AvgIpc) is 2.62. The number of rotatable bonds is 8. The fraction of sp³-hybridized carbons (Fsp3) is 0.786. The zero-order chi connectivity index (χ0) is 13.5. The van der Waals surface area contributed by atoms with Crippen molar-refractivity contribution >= 4 is 11.6 Å². The van der Waals surface area contributed by atoms with Gasteiger partial charge in [0, 0.05) is 13.1 Å². The van der Waals surface area contributed by atoms with Gasteiger partial charge in [0.25, 0.3) is 0 Å². The minimum Gasteiger partial charge on any atom is -0.314 e. The first kappa shape index (κ1) is 15.5. The fourth-order valence-corrected chi connectivity index (χ4v) is 2.78. The Morgan fingerprint density at radius 3 is 2.50 bits per heavy atom. The summed E-state index contributed by atoms with van der Waals surface area (Å²) in [6, 6.07) is 0.594. The van der Waals surface area contributed by atoms with Crippen LogP contribution in [-0.4, -0.2) is 22.4 Å². The first-order valence-corrected chi connectivity index (χ1v) is 7.45. The Morgan fingerprint density at radius 2 is 2.00 bits per heavy atom. The summed E-state index contributed by atoms with van der Waals surface area (Å²) in [6.07, 6.45) is 5.48. The van der Waals surface area contributed by atoms with Gasteiger partial charge in [-0.2, -0.15) is 5.10 Å². The van der Waals surface area contributed by atoms with Crippen molar-refractivity contribution in [1.82, 2.24) is 15.1 Å². The number of aryl methyl sites for hydroxylation is 2. The van der Waals surface area contributed by atoms with E-state index in [1.807, 2.05) is 11.7 Å². The molecule has 104 valence electrons. The highest BCUT2D eigenvalue weighted by Crippen LogP contribution is 2.22. The number of hydrogen-bond donors (Lipinski definition) is 1. The monoisotopic (exact) mass is 271 g/mol. The summed E-state index contributed by atoms with van der Waals surface area (Å²) in [4.78, 5) is 0. The molecule has 1 unspecified atom stereocenters. The lowest BCUT2D eigenvalue weighted by atomic mass is 10.0. The molecule has 1 aromatic rings. The minimum atomic E-state index is 0.594. The Balaban J connectivity index is 2.63. The molecule has 0 amide bonds. The second-order valence-electron chi connectivity index (χ2n) is 4.77. The average molecular weight is 272 g/mol. The first-order valence-electron chi connectivity index (χ1n) is 7.07. The van der Waals surface area contributed by atoms with E-state index in [1.165, 1.54) is 18.5 Å². The molecule has 1 heterocycles. The molecule has 1 rings (SSSR count). The molecule has 0 aliphatic rings. The number of halogens is 1. The minimum absolute atomic E-state index is 0.594. The van der Waals surface area contributed by atoms with Crippen LogP contribution in [0.1, 0.15) is 51.4 Å². The van der Waals surface area contributed by atoms with Gasteiger partial charge in [-0.05, 0) is 32.2 Å². The first-order chi connectivity index (χ1) is 8.63. The van der Waals surface area contributed by atoms with Gasteiger partial charge in [-0.15, -0.1) is 0 Å². The van der Waals surface area contributed by atoms with Crippen molar-refractivity contribution in [3.63, 3.8) is 0 Å². The summed E-state index contributed by atoms with van der Waals surface area (Å²) in [6.45, 7) is 7.52. The molecule has 1 aromatic heterocycles.